The lowest BCUT2D eigenvalue weighted by Crippen LogP contribution is -2.06. The molecule has 7 heteroatoms. The first kappa shape index (κ1) is 13.7. The van der Waals surface area contributed by atoms with Crippen molar-refractivity contribution in [3.63, 3.8) is 0 Å². The van der Waals surface area contributed by atoms with Crippen molar-refractivity contribution in [1.82, 2.24) is 4.98 Å². The predicted molar refractivity (Wildman–Crippen MR) is 68.1 cm³/mol. The highest BCUT2D eigenvalue weighted by atomic mass is 19.4. The summed E-state index contributed by atoms with van der Waals surface area (Å²) in [4.78, 5) is 3.79. The Morgan fingerprint density at radius 2 is 1.95 bits per heavy atom. The summed E-state index contributed by atoms with van der Waals surface area (Å²) < 4.78 is 37.7. The Labute approximate surface area is 112 Å². The first-order valence-electron chi connectivity index (χ1n) is 5.50. The summed E-state index contributed by atoms with van der Waals surface area (Å²) in [5.74, 6) is 0.264. The molecule has 0 amide bonds. The van der Waals surface area contributed by atoms with Crippen molar-refractivity contribution < 1.29 is 13.2 Å². The zero-order valence-corrected chi connectivity index (χ0v) is 10.1. The normalized spacial score (nSPS) is 10.9. The molecule has 0 bridgehead atoms. The maximum absolute atomic E-state index is 12.6. The van der Waals surface area contributed by atoms with Crippen molar-refractivity contribution in [3.05, 3.63) is 47.7 Å². The molecule has 0 radical (unpaired) electrons. The molecule has 20 heavy (non-hydrogen) atoms. The number of hydrogen-bond donors (Lipinski definition) is 2. The number of benzene rings is 1. The number of nitrogens with two attached hydrogens (primary N) is 1. The maximum Gasteiger partial charge on any atom is 0.416 e. The minimum atomic E-state index is -4.48. The lowest BCUT2D eigenvalue weighted by molar-refractivity contribution is -0.137. The number of halogens is 3. The molecule has 0 aliphatic rings. The van der Waals surface area contributed by atoms with Crippen LogP contribution in [0.5, 0.6) is 0 Å². The number of hydrogen-bond acceptors (Lipinski definition) is 4. The smallest absolute Gasteiger partial charge is 0.384 e. The summed E-state index contributed by atoms with van der Waals surface area (Å²) in [7, 11) is 0. The molecule has 1 aromatic heterocycles. The van der Waals surface area contributed by atoms with E-state index >= 15 is 0 Å². The average molecular weight is 278 g/mol. The summed E-state index contributed by atoms with van der Waals surface area (Å²) in [6.07, 6.45) is -3.03. The molecule has 4 nitrogen and oxygen atoms in total. The van der Waals surface area contributed by atoms with Crippen molar-refractivity contribution >= 4 is 17.2 Å². The molecule has 2 rings (SSSR count). The largest absolute Gasteiger partial charge is 0.416 e. The van der Waals surface area contributed by atoms with Gasteiger partial charge in [-0.15, -0.1) is 0 Å². The van der Waals surface area contributed by atoms with Gasteiger partial charge in [0.1, 0.15) is 11.9 Å². The van der Waals surface area contributed by atoms with Crippen LogP contribution in [0.1, 0.15) is 11.1 Å². The number of rotatable bonds is 2. The molecule has 0 spiro atoms. The molecule has 0 unspecified atom stereocenters. The second-order valence-electron chi connectivity index (χ2n) is 3.96. The number of alkyl halides is 3. The van der Waals surface area contributed by atoms with Crippen molar-refractivity contribution in [2.24, 2.45) is 0 Å². The quantitative estimate of drug-likeness (QED) is 0.883. The lowest BCUT2D eigenvalue weighted by Gasteiger charge is -2.11. The maximum atomic E-state index is 12.6. The molecule has 2 aromatic rings. The first-order chi connectivity index (χ1) is 9.40. The molecule has 0 fully saturated rings. The van der Waals surface area contributed by atoms with Gasteiger partial charge in [0, 0.05) is 18.0 Å². The Morgan fingerprint density at radius 1 is 1.20 bits per heavy atom. The number of pyridine rings is 1. The van der Waals surface area contributed by atoms with Crippen LogP contribution < -0.4 is 11.1 Å². The predicted octanol–water partition coefficient (Wildman–Crippen LogP) is 3.30. The van der Waals surface area contributed by atoms with Crippen LogP contribution in [-0.2, 0) is 6.18 Å². The number of nitrogen functional groups attached to an aromatic ring is 1. The number of nitrogens with one attached hydrogen (secondary N) is 1. The monoisotopic (exact) mass is 278 g/mol. The van der Waals surface area contributed by atoms with Crippen LogP contribution in [0, 0.1) is 11.3 Å². The van der Waals surface area contributed by atoms with Gasteiger partial charge in [-0.05, 0) is 24.3 Å². The first-order valence-corrected chi connectivity index (χ1v) is 5.50. The molecule has 0 atom stereocenters. The second-order valence-corrected chi connectivity index (χ2v) is 3.96. The summed E-state index contributed by atoms with van der Waals surface area (Å²) in [6.45, 7) is 0. The summed E-state index contributed by atoms with van der Waals surface area (Å²) >= 11 is 0. The third-order valence-corrected chi connectivity index (χ3v) is 2.53. The fourth-order valence-corrected chi connectivity index (χ4v) is 1.60. The number of nitriles is 1. The van der Waals surface area contributed by atoms with Crippen molar-refractivity contribution in [3.8, 4) is 6.07 Å². The van der Waals surface area contributed by atoms with Crippen LogP contribution in [0.3, 0.4) is 0 Å². The number of aromatic nitrogens is 1. The lowest BCUT2D eigenvalue weighted by atomic mass is 10.1. The number of anilines is 3. The second kappa shape index (κ2) is 5.09. The van der Waals surface area contributed by atoms with Crippen molar-refractivity contribution in [2.75, 3.05) is 11.1 Å². The van der Waals surface area contributed by atoms with Crippen LogP contribution in [0.15, 0.2) is 36.5 Å². The molecule has 0 aliphatic carbocycles. The summed E-state index contributed by atoms with van der Waals surface area (Å²) in [6, 6.07) is 7.75. The SMILES string of the molecule is N#Cc1cc(C(F)(F)F)ccc1Nc1ccnc(N)c1. The fourth-order valence-electron chi connectivity index (χ4n) is 1.60. The van der Waals surface area contributed by atoms with Crippen LogP contribution in [0.25, 0.3) is 0 Å². The van der Waals surface area contributed by atoms with Crippen molar-refractivity contribution in [2.45, 2.75) is 6.18 Å². The van der Waals surface area contributed by atoms with Gasteiger partial charge < -0.3 is 11.1 Å². The zero-order chi connectivity index (χ0) is 14.8. The van der Waals surface area contributed by atoms with Gasteiger partial charge in [-0.1, -0.05) is 0 Å². The third-order valence-electron chi connectivity index (χ3n) is 2.53. The molecule has 0 saturated carbocycles. The van der Waals surface area contributed by atoms with Crippen LogP contribution in [0.4, 0.5) is 30.4 Å². The van der Waals surface area contributed by atoms with Gasteiger partial charge in [0.05, 0.1) is 16.8 Å². The van der Waals surface area contributed by atoms with E-state index in [1.54, 1.807) is 12.1 Å². The van der Waals surface area contributed by atoms with Gasteiger partial charge in [0.15, 0.2) is 0 Å². The van der Waals surface area contributed by atoms with Crippen molar-refractivity contribution in [1.29, 1.82) is 5.26 Å². The molecule has 3 N–H and O–H groups in total. The van der Waals surface area contributed by atoms with E-state index in [1.807, 2.05) is 0 Å². The highest BCUT2D eigenvalue weighted by molar-refractivity contribution is 5.68. The van der Waals surface area contributed by atoms with Crippen LogP contribution in [0.2, 0.25) is 0 Å². The highest BCUT2D eigenvalue weighted by Gasteiger charge is 2.31. The average Bonchev–Trinajstić information content (AvgIpc) is 2.38. The zero-order valence-electron chi connectivity index (χ0n) is 10.1. The molecular formula is C13H9F3N4. The Bertz CT molecular complexity index is 674. The molecule has 1 heterocycles. The molecular weight excluding hydrogens is 269 g/mol. The van der Waals surface area contributed by atoms with Gasteiger partial charge >= 0.3 is 6.18 Å². The Morgan fingerprint density at radius 3 is 2.55 bits per heavy atom. The van der Waals surface area contributed by atoms with E-state index in [-0.39, 0.29) is 17.1 Å². The minimum absolute atomic E-state index is 0.102. The van der Waals surface area contributed by atoms with E-state index in [1.165, 1.54) is 18.3 Å². The Hall–Kier alpha value is -2.75. The molecule has 0 saturated heterocycles. The van der Waals surface area contributed by atoms with Crippen LogP contribution in [-0.4, -0.2) is 4.98 Å². The van der Waals surface area contributed by atoms with E-state index in [0.717, 1.165) is 12.1 Å². The van der Waals surface area contributed by atoms with Gasteiger partial charge in [0.2, 0.25) is 0 Å². The molecule has 0 aliphatic heterocycles. The van der Waals surface area contributed by atoms with Gasteiger partial charge in [-0.3, -0.25) is 0 Å². The van der Waals surface area contributed by atoms with Crippen LogP contribution >= 0.6 is 0 Å². The van der Waals surface area contributed by atoms with Gasteiger partial charge in [-0.25, -0.2) is 4.98 Å². The van der Waals surface area contributed by atoms with E-state index in [0.29, 0.717) is 5.69 Å². The Kier molecular flexibility index (Phi) is 3.48. The summed E-state index contributed by atoms with van der Waals surface area (Å²) in [5, 5.41) is 11.8. The topological polar surface area (TPSA) is 74.7 Å². The minimum Gasteiger partial charge on any atom is -0.384 e. The van der Waals surface area contributed by atoms with E-state index in [4.69, 9.17) is 11.0 Å². The van der Waals surface area contributed by atoms with Gasteiger partial charge in [-0.2, -0.15) is 18.4 Å². The molecule has 102 valence electrons. The fraction of sp³-hybridized carbons (Fsp3) is 0.0769. The van der Waals surface area contributed by atoms with E-state index in [2.05, 4.69) is 10.3 Å². The third kappa shape index (κ3) is 2.98. The Balaban J connectivity index is 2.36. The van der Waals surface area contributed by atoms with Gasteiger partial charge in [0.25, 0.3) is 0 Å². The molecule has 1 aromatic carbocycles. The van der Waals surface area contributed by atoms with E-state index < -0.39 is 11.7 Å². The highest BCUT2D eigenvalue weighted by Crippen LogP contribution is 2.32. The summed E-state index contributed by atoms with van der Waals surface area (Å²) in [5.41, 5.74) is 5.34. The van der Waals surface area contributed by atoms with E-state index in [9.17, 15) is 13.2 Å². The number of nitrogens with zero attached hydrogens (tertiary/aromatic N) is 2. The standard InChI is InChI=1S/C13H9F3N4/c14-13(15,16)9-1-2-11(8(5-9)7-17)20-10-3-4-19-12(18)6-10/h1-6H,(H3,18,19,20).